The van der Waals surface area contributed by atoms with E-state index in [1.807, 2.05) is 20.8 Å². The summed E-state index contributed by atoms with van der Waals surface area (Å²) in [5, 5.41) is 9.92. The molecule has 1 aliphatic heterocycles. The first-order valence-corrected chi connectivity index (χ1v) is 11.6. The largest absolute Gasteiger partial charge is 0.462 e. The molecular formula is C25H38AcO5. The van der Waals surface area contributed by atoms with Crippen LogP contribution in [0, 0.1) is 73.1 Å². The quantitative estimate of drug-likeness (QED) is 0.429. The predicted molar refractivity (Wildman–Crippen MR) is 115 cm³/mol. The van der Waals surface area contributed by atoms with Crippen LogP contribution in [0.5, 0.6) is 0 Å². The smallest absolute Gasteiger partial charge is 0.311 e. The number of hydrogen-bond acceptors (Lipinski definition) is 5. The van der Waals surface area contributed by atoms with Gasteiger partial charge < -0.3 is 14.6 Å². The molecule has 0 spiro atoms. The second-order valence-electron chi connectivity index (χ2n) is 10.3. The van der Waals surface area contributed by atoms with E-state index in [0.717, 1.165) is 25.7 Å². The minimum Gasteiger partial charge on any atom is -0.462 e. The number of allylic oxidation sites excluding steroid dienone is 3. The normalized spacial score (nSPS) is 35.4. The molecule has 3 rings (SSSR count). The van der Waals surface area contributed by atoms with Crippen molar-refractivity contribution >= 4 is 11.9 Å². The molecule has 1 radical (unpaired) electrons. The maximum atomic E-state index is 12.9. The van der Waals surface area contributed by atoms with Gasteiger partial charge in [0.15, 0.2) is 0 Å². The molecule has 1 heterocycles. The minimum absolute atomic E-state index is 0. The van der Waals surface area contributed by atoms with Crippen molar-refractivity contribution in [2.45, 2.75) is 91.5 Å². The van der Waals surface area contributed by atoms with Gasteiger partial charge in [-0.2, -0.15) is 0 Å². The summed E-state index contributed by atoms with van der Waals surface area (Å²) >= 11 is 0. The number of esters is 2. The third-order valence-electron chi connectivity index (χ3n) is 7.35. The van der Waals surface area contributed by atoms with Gasteiger partial charge in [0.05, 0.1) is 17.9 Å². The van der Waals surface area contributed by atoms with Gasteiger partial charge in [-0.1, -0.05) is 39.0 Å². The van der Waals surface area contributed by atoms with Gasteiger partial charge in [0.2, 0.25) is 0 Å². The molecule has 0 aromatic carbocycles. The summed E-state index contributed by atoms with van der Waals surface area (Å²) in [6, 6.07) is 0. The summed E-state index contributed by atoms with van der Waals surface area (Å²) in [6.07, 6.45) is 9.61. The fourth-order valence-electron chi connectivity index (χ4n) is 5.08. The number of carbonyl (C=O) groups excluding carboxylic acids is 2. The Morgan fingerprint density at radius 1 is 1.26 bits per heavy atom. The van der Waals surface area contributed by atoms with Gasteiger partial charge in [-0.3, -0.25) is 9.59 Å². The molecule has 5 nitrogen and oxygen atoms in total. The predicted octanol–water partition coefficient (Wildman–Crippen LogP) is 4.59. The molecule has 171 valence electrons. The summed E-state index contributed by atoms with van der Waals surface area (Å²) < 4.78 is 11.6. The Bertz CT molecular complexity index is 713. The van der Waals surface area contributed by atoms with Crippen LogP contribution >= 0.6 is 0 Å². The van der Waals surface area contributed by atoms with E-state index in [1.54, 1.807) is 0 Å². The zero-order valence-electron chi connectivity index (χ0n) is 19.7. The van der Waals surface area contributed by atoms with Crippen LogP contribution in [0.2, 0.25) is 0 Å². The molecule has 7 unspecified atom stereocenters. The van der Waals surface area contributed by atoms with E-state index >= 15 is 0 Å². The summed E-state index contributed by atoms with van der Waals surface area (Å²) in [5.41, 5.74) is 0.785. The maximum Gasteiger partial charge on any atom is 0.311 e. The first kappa shape index (κ1) is 27.1. The molecule has 2 aliphatic carbocycles. The van der Waals surface area contributed by atoms with Crippen molar-refractivity contribution in [3.63, 3.8) is 0 Å². The van der Waals surface area contributed by atoms with E-state index in [4.69, 9.17) is 9.47 Å². The molecule has 0 aromatic rings. The third-order valence-corrected chi connectivity index (χ3v) is 7.35. The Morgan fingerprint density at radius 3 is 2.61 bits per heavy atom. The molecule has 0 aromatic heterocycles. The van der Waals surface area contributed by atoms with Gasteiger partial charge in [-0.25, -0.2) is 0 Å². The topological polar surface area (TPSA) is 72.8 Å². The number of aliphatic hydroxyl groups is 1. The number of aliphatic hydroxyl groups excluding tert-OH is 1. The summed E-state index contributed by atoms with van der Waals surface area (Å²) in [7, 11) is 0. The van der Waals surface area contributed by atoms with E-state index in [0.29, 0.717) is 24.2 Å². The van der Waals surface area contributed by atoms with Gasteiger partial charge in [0.25, 0.3) is 0 Å². The Morgan fingerprint density at radius 2 is 1.97 bits per heavy atom. The number of ether oxygens (including phenoxy) is 2. The Labute approximate surface area is 223 Å². The minimum atomic E-state index is -0.601. The van der Waals surface area contributed by atoms with Crippen LogP contribution in [-0.4, -0.2) is 35.4 Å². The van der Waals surface area contributed by atoms with Crippen molar-refractivity contribution in [1.29, 1.82) is 0 Å². The average molecular weight is 646 g/mol. The van der Waals surface area contributed by atoms with Crippen molar-refractivity contribution < 1.29 is 68.2 Å². The van der Waals surface area contributed by atoms with E-state index < -0.39 is 11.5 Å². The van der Waals surface area contributed by atoms with Crippen LogP contribution in [0.3, 0.4) is 0 Å². The van der Waals surface area contributed by atoms with Crippen molar-refractivity contribution in [2.75, 3.05) is 0 Å². The van der Waals surface area contributed by atoms with Gasteiger partial charge in [0.1, 0.15) is 12.2 Å². The van der Waals surface area contributed by atoms with Crippen LogP contribution in [0.25, 0.3) is 0 Å². The van der Waals surface area contributed by atoms with Gasteiger partial charge in [-0.15, -0.1) is 0 Å². The molecule has 1 saturated heterocycles. The molecule has 1 fully saturated rings. The molecule has 6 heteroatoms. The van der Waals surface area contributed by atoms with Crippen LogP contribution in [0.1, 0.15) is 73.1 Å². The molecular weight excluding hydrogens is 607 g/mol. The molecule has 3 aliphatic rings. The average Bonchev–Trinajstić information content (AvgIpc) is 2.66. The van der Waals surface area contributed by atoms with Gasteiger partial charge >= 0.3 is 11.9 Å². The van der Waals surface area contributed by atoms with Gasteiger partial charge in [0, 0.05) is 56.4 Å². The van der Waals surface area contributed by atoms with Crippen LogP contribution in [0.15, 0.2) is 23.8 Å². The second kappa shape index (κ2) is 11.3. The van der Waals surface area contributed by atoms with Crippen LogP contribution < -0.4 is 0 Å². The van der Waals surface area contributed by atoms with Crippen LogP contribution in [0.4, 0.5) is 0 Å². The second-order valence-corrected chi connectivity index (χ2v) is 10.3. The summed E-state index contributed by atoms with van der Waals surface area (Å²) in [5.74, 6) is 0.776. The van der Waals surface area contributed by atoms with E-state index in [9.17, 15) is 14.7 Å². The maximum absolute atomic E-state index is 12.9. The number of rotatable bonds is 6. The Balaban J connectivity index is 0.00000341. The summed E-state index contributed by atoms with van der Waals surface area (Å²) in [6.45, 7) is 10.3. The Kier molecular flexibility index (Phi) is 9.87. The van der Waals surface area contributed by atoms with Crippen LogP contribution in [-0.2, 0) is 19.1 Å². The first-order chi connectivity index (χ1) is 14.1. The van der Waals surface area contributed by atoms with E-state index in [1.165, 1.54) is 5.57 Å². The van der Waals surface area contributed by atoms with Crippen molar-refractivity contribution in [1.82, 2.24) is 0 Å². The fourth-order valence-corrected chi connectivity index (χ4v) is 5.08. The Hall–Kier alpha value is -0.178. The molecule has 1 N–H and O–H groups in total. The molecule has 31 heavy (non-hydrogen) atoms. The third kappa shape index (κ3) is 6.67. The number of fused-ring (bicyclic) bond motifs is 1. The van der Waals surface area contributed by atoms with Crippen molar-refractivity contribution in [3.05, 3.63) is 23.8 Å². The summed E-state index contributed by atoms with van der Waals surface area (Å²) in [4.78, 5) is 24.6. The first-order valence-electron chi connectivity index (χ1n) is 11.6. The van der Waals surface area contributed by atoms with Gasteiger partial charge in [-0.05, 0) is 62.9 Å². The molecule has 0 bridgehead atoms. The zero-order chi connectivity index (χ0) is 22.1. The zero-order valence-corrected chi connectivity index (χ0v) is 24.4. The SMILES string of the molecule is CCC(C)(C)C(=O)OC1CC(C)C=C2C=CC(C)C(CCC3CC(O)CC(=O)O3)C21.[Ac]. The van der Waals surface area contributed by atoms with E-state index in [-0.39, 0.29) is 80.5 Å². The van der Waals surface area contributed by atoms with Crippen molar-refractivity contribution in [3.8, 4) is 0 Å². The number of cyclic esters (lactones) is 1. The fraction of sp³-hybridized carbons (Fsp3) is 0.760. The number of hydrogen-bond donors (Lipinski definition) is 1. The van der Waals surface area contributed by atoms with Crippen molar-refractivity contribution in [2.24, 2.45) is 29.1 Å². The number of carbonyl (C=O) groups is 2. The van der Waals surface area contributed by atoms with E-state index in [2.05, 4.69) is 32.1 Å². The standard InChI is InChI=1S/C25H38O5.Ac/c1-6-25(4,5)24(28)30-21-12-15(2)11-17-8-7-16(3)20(23(17)21)10-9-19-13-18(26)14-22(27)29-19;/h7-8,11,15-16,18-21,23,26H,6,9-10,12-14H2,1-5H3;. The molecule has 7 atom stereocenters. The molecule has 0 saturated carbocycles. The monoisotopic (exact) mass is 645 g/mol. The molecule has 0 amide bonds.